The highest BCUT2D eigenvalue weighted by atomic mass is 127. The quantitative estimate of drug-likeness (QED) is 0.235. The van der Waals surface area contributed by atoms with Crippen LogP contribution in [0.2, 0.25) is 0 Å². The van der Waals surface area contributed by atoms with Gasteiger partial charge in [0.2, 0.25) is 5.91 Å². The van der Waals surface area contributed by atoms with Crippen LogP contribution in [0.5, 0.6) is 0 Å². The van der Waals surface area contributed by atoms with Crippen LogP contribution in [0, 0.1) is 5.82 Å². The lowest BCUT2D eigenvalue weighted by molar-refractivity contribution is -0.120. The second-order valence-electron chi connectivity index (χ2n) is 6.08. The third-order valence-electron chi connectivity index (χ3n) is 3.92. The summed E-state index contributed by atoms with van der Waals surface area (Å²) in [6, 6.07) is 14.1. The maximum Gasteiger partial charge on any atom is 0.224 e. The first-order valence-electron chi connectivity index (χ1n) is 8.66. The van der Waals surface area contributed by atoms with Crippen molar-refractivity contribution in [2.24, 2.45) is 4.99 Å². The molecule has 0 saturated heterocycles. The molecule has 1 amide bonds. The summed E-state index contributed by atoms with van der Waals surface area (Å²) in [5.41, 5.74) is 1.82. The highest BCUT2D eigenvalue weighted by Crippen LogP contribution is 2.17. The Kier molecular flexibility index (Phi) is 11.1. The summed E-state index contributed by atoms with van der Waals surface area (Å²) >= 11 is 3.55. The van der Waals surface area contributed by atoms with Gasteiger partial charge in [-0.25, -0.2) is 4.39 Å². The van der Waals surface area contributed by atoms with Crippen molar-refractivity contribution in [2.75, 3.05) is 27.2 Å². The third kappa shape index (κ3) is 8.14. The Hall–Kier alpha value is -1.68. The fraction of sp³-hybridized carbons (Fsp3) is 0.300. The van der Waals surface area contributed by atoms with Crippen LogP contribution >= 0.6 is 39.9 Å². The van der Waals surface area contributed by atoms with Crippen LogP contribution in [0.25, 0.3) is 0 Å². The number of amides is 1. The number of guanidine groups is 1. The Labute approximate surface area is 191 Å². The lowest BCUT2D eigenvalue weighted by Crippen LogP contribution is -2.42. The number of carbonyl (C=O) groups is 1. The average molecular weight is 563 g/mol. The largest absolute Gasteiger partial charge is 0.354 e. The lowest BCUT2D eigenvalue weighted by Gasteiger charge is -2.22. The van der Waals surface area contributed by atoms with Crippen LogP contribution in [-0.2, 0) is 17.8 Å². The van der Waals surface area contributed by atoms with Gasteiger partial charge >= 0.3 is 0 Å². The molecule has 2 rings (SSSR count). The summed E-state index contributed by atoms with van der Waals surface area (Å²) in [5.74, 6) is 0.267. The Morgan fingerprint density at radius 3 is 2.54 bits per heavy atom. The van der Waals surface area contributed by atoms with Crippen molar-refractivity contribution in [3.8, 4) is 0 Å². The number of halogens is 3. The number of hydrogen-bond acceptors (Lipinski definition) is 2. The SMILES string of the molecule is CN=C(NCCNC(=O)Cc1cccc(F)c1)N(C)Cc1ccccc1Br.I. The van der Waals surface area contributed by atoms with E-state index in [-0.39, 0.29) is 42.1 Å². The van der Waals surface area contributed by atoms with Crippen LogP contribution in [0.3, 0.4) is 0 Å². The van der Waals surface area contributed by atoms with Gasteiger partial charge in [0.1, 0.15) is 5.82 Å². The fourth-order valence-corrected chi connectivity index (χ4v) is 3.02. The van der Waals surface area contributed by atoms with Gasteiger partial charge in [-0.3, -0.25) is 9.79 Å². The van der Waals surface area contributed by atoms with Crippen LogP contribution < -0.4 is 10.6 Å². The third-order valence-corrected chi connectivity index (χ3v) is 4.70. The molecule has 2 aromatic carbocycles. The molecule has 0 aliphatic heterocycles. The van der Waals surface area contributed by atoms with E-state index in [0.29, 0.717) is 25.2 Å². The zero-order valence-electron chi connectivity index (χ0n) is 15.9. The topological polar surface area (TPSA) is 56.7 Å². The van der Waals surface area contributed by atoms with Crippen LogP contribution in [0.1, 0.15) is 11.1 Å². The molecule has 0 saturated carbocycles. The Balaban J connectivity index is 0.00000392. The second-order valence-corrected chi connectivity index (χ2v) is 6.93. The highest BCUT2D eigenvalue weighted by Gasteiger charge is 2.09. The van der Waals surface area contributed by atoms with E-state index in [1.165, 1.54) is 12.1 Å². The van der Waals surface area contributed by atoms with Gasteiger partial charge in [-0.05, 0) is 29.3 Å². The zero-order chi connectivity index (χ0) is 19.6. The molecule has 8 heteroatoms. The molecule has 0 spiro atoms. The Morgan fingerprint density at radius 1 is 1.14 bits per heavy atom. The van der Waals surface area contributed by atoms with Gasteiger partial charge in [0.25, 0.3) is 0 Å². The standard InChI is InChI=1S/C20H24BrFN4O.HI/c1-23-20(26(2)14-16-7-3-4-9-18(16)21)25-11-10-24-19(27)13-15-6-5-8-17(22)12-15;/h3-9,12H,10-11,13-14H2,1-2H3,(H,23,25)(H,24,27);1H. The number of aliphatic imine (C=N–C) groups is 1. The fourth-order valence-electron chi connectivity index (χ4n) is 2.61. The number of carbonyl (C=O) groups excluding carboxylic acids is 1. The summed E-state index contributed by atoms with van der Waals surface area (Å²) in [4.78, 5) is 18.2. The molecule has 0 atom stereocenters. The van der Waals surface area contributed by atoms with Gasteiger partial charge in [-0.1, -0.05) is 46.3 Å². The van der Waals surface area contributed by atoms with Crippen LogP contribution in [0.4, 0.5) is 4.39 Å². The van der Waals surface area contributed by atoms with E-state index in [9.17, 15) is 9.18 Å². The van der Waals surface area contributed by atoms with E-state index in [2.05, 4.69) is 37.6 Å². The van der Waals surface area contributed by atoms with Gasteiger partial charge in [0, 0.05) is 38.2 Å². The molecular weight excluding hydrogens is 538 g/mol. The van der Waals surface area contributed by atoms with E-state index < -0.39 is 0 Å². The van der Waals surface area contributed by atoms with Crippen molar-refractivity contribution < 1.29 is 9.18 Å². The van der Waals surface area contributed by atoms with Crippen molar-refractivity contribution in [3.05, 3.63) is 69.9 Å². The molecule has 2 N–H and O–H groups in total. The minimum atomic E-state index is -0.334. The van der Waals surface area contributed by atoms with Crippen molar-refractivity contribution in [3.63, 3.8) is 0 Å². The number of rotatable bonds is 7. The lowest BCUT2D eigenvalue weighted by atomic mass is 10.1. The number of hydrogen-bond donors (Lipinski definition) is 2. The first-order chi connectivity index (χ1) is 13.0. The van der Waals surface area contributed by atoms with E-state index in [0.717, 1.165) is 16.0 Å². The molecule has 2 aromatic rings. The zero-order valence-corrected chi connectivity index (χ0v) is 19.8. The monoisotopic (exact) mass is 562 g/mol. The number of nitrogens with zero attached hydrogens (tertiary/aromatic N) is 2. The van der Waals surface area contributed by atoms with Gasteiger partial charge in [0.05, 0.1) is 6.42 Å². The molecule has 0 radical (unpaired) electrons. The molecule has 0 bridgehead atoms. The molecule has 0 heterocycles. The van der Waals surface area contributed by atoms with Crippen molar-refractivity contribution in [2.45, 2.75) is 13.0 Å². The minimum Gasteiger partial charge on any atom is -0.354 e. The van der Waals surface area contributed by atoms with E-state index >= 15 is 0 Å². The van der Waals surface area contributed by atoms with Crippen LogP contribution in [0.15, 0.2) is 58.0 Å². The summed E-state index contributed by atoms with van der Waals surface area (Å²) in [6.45, 7) is 1.70. The molecule has 28 heavy (non-hydrogen) atoms. The Bertz CT molecular complexity index is 803. The van der Waals surface area contributed by atoms with Crippen molar-refractivity contribution in [1.82, 2.24) is 15.5 Å². The second kappa shape index (κ2) is 12.7. The Morgan fingerprint density at radius 2 is 1.86 bits per heavy atom. The summed E-state index contributed by atoms with van der Waals surface area (Å²) in [7, 11) is 3.68. The first kappa shape index (κ1) is 24.4. The van der Waals surface area contributed by atoms with Crippen molar-refractivity contribution in [1.29, 1.82) is 0 Å². The van der Waals surface area contributed by atoms with Crippen molar-refractivity contribution >= 4 is 51.8 Å². The van der Waals surface area contributed by atoms with E-state index in [4.69, 9.17) is 0 Å². The summed E-state index contributed by atoms with van der Waals surface area (Å²) in [5, 5.41) is 6.05. The summed E-state index contributed by atoms with van der Waals surface area (Å²) in [6.07, 6.45) is 0.161. The summed E-state index contributed by atoms with van der Waals surface area (Å²) < 4.78 is 14.2. The van der Waals surface area contributed by atoms with Gasteiger partial charge in [-0.2, -0.15) is 0 Å². The highest BCUT2D eigenvalue weighted by molar-refractivity contribution is 14.0. The van der Waals surface area contributed by atoms with Crippen LogP contribution in [-0.4, -0.2) is 44.0 Å². The maximum absolute atomic E-state index is 13.1. The van der Waals surface area contributed by atoms with Gasteiger partial charge in [-0.15, -0.1) is 24.0 Å². The molecule has 0 aromatic heterocycles. The van der Waals surface area contributed by atoms with E-state index in [1.54, 1.807) is 19.2 Å². The molecular formula is C20H25BrFIN4O. The molecule has 0 fully saturated rings. The molecule has 0 unspecified atom stereocenters. The minimum absolute atomic E-state index is 0. The predicted octanol–water partition coefficient (Wildman–Crippen LogP) is 3.57. The molecule has 152 valence electrons. The molecule has 0 aliphatic carbocycles. The predicted molar refractivity (Wildman–Crippen MR) is 125 cm³/mol. The average Bonchev–Trinajstić information content (AvgIpc) is 2.63. The molecule has 0 aliphatic rings. The number of benzene rings is 2. The molecule has 5 nitrogen and oxygen atoms in total. The van der Waals surface area contributed by atoms with E-state index in [1.807, 2.05) is 30.1 Å². The normalized spacial score (nSPS) is 10.8. The maximum atomic E-state index is 13.1. The number of nitrogens with one attached hydrogen (secondary N) is 2. The van der Waals surface area contributed by atoms with Gasteiger partial charge < -0.3 is 15.5 Å². The van der Waals surface area contributed by atoms with Gasteiger partial charge in [0.15, 0.2) is 5.96 Å². The first-order valence-corrected chi connectivity index (χ1v) is 9.45. The smallest absolute Gasteiger partial charge is 0.224 e.